The second kappa shape index (κ2) is 9.98. The number of hydrogen-bond acceptors (Lipinski definition) is 5. The second-order valence-electron chi connectivity index (χ2n) is 7.09. The molecule has 1 saturated heterocycles. The number of carbonyl (C=O) groups is 2. The van der Waals surface area contributed by atoms with Crippen LogP contribution in [0.15, 0.2) is 88.8 Å². The number of nitrogens with zero attached hydrogens (tertiary/aromatic N) is 1. The van der Waals surface area contributed by atoms with Gasteiger partial charge in [0.05, 0.1) is 10.6 Å². The van der Waals surface area contributed by atoms with E-state index in [4.69, 9.17) is 4.74 Å². The number of aryl methyl sites for hydroxylation is 1. The highest BCUT2D eigenvalue weighted by molar-refractivity contribution is 8.18. The molecule has 160 valence electrons. The van der Waals surface area contributed by atoms with E-state index < -0.39 is 0 Å². The molecule has 0 aromatic heterocycles. The topological polar surface area (TPSA) is 79.8 Å². The Labute approximate surface area is 190 Å². The zero-order chi connectivity index (χ0) is 22.3. The van der Waals surface area contributed by atoms with E-state index in [1.54, 1.807) is 18.2 Å². The summed E-state index contributed by atoms with van der Waals surface area (Å²) in [4.78, 5) is 29.4. The van der Waals surface area contributed by atoms with Gasteiger partial charge in [0.15, 0.2) is 11.8 Å². The first-order valence-corrected chi connectivity index (χ1v) is 10.8. The summed E-state index contributed by atoms with van der Waals surface area (Å²) in [6.45, 7) is 1.87. The van der Waals surface area contributed by atoms with Crippen LogP contribution in [0.2, 0.25) is 0 Å². The summed E-state index contributed by atoms with van der Waals surface area (Å²) in [6.07, 6.45) is 1.77. The normalized spacial score (nSPS) is 15.6. The molecule has 0 bridgehead atoms. The highest BCUT2D eigenvalue weighted by atomic mass is 32.2. The zero-order valence-electron chi connectivity index (χ0n) is 17.4. The summed E-state index contributed by atoms with van der Waals surface area (Å²) in [5, 5.41) is 6.11. The first-order valence-electron chi connectivity index (χ1n) is 9.99. The van der Waals surface area contributed by atoms with Gasteiger partial charge >= 0.3 is 0 Å². The Bertz CT molecular complexity index is 1190. The summed E-state index contributed by atoms with van der Waals surface area (Å²) < 4.78 is 5.62. The van der Waals surface area contributed by atoms with Gasteiger partial charge in [-0.3, -0.25) is 9.59 Å². The van der Waals surface area contributed by atoms with Crippen LogP contribution in [-0.4, -0.2) is 23.6 Å². The van der Waals surface area contributed by atoms with Crippen molar-refractivity contribution in [3.05, 3.63) is 94.9 Å². The van der Waals surface area contributed by atoms with Gasteiger partial charge in [-0.1, -0.05) is 48.0 Å². The molecule has 0 aliphatic carbocycles. The van der Waals surface area contributed by atoms with Gasteiger partial charge in [-0.05, 0) is 66.7 Å². The predicted molar refractivity (Wildman–Crippen MR) is 129 cm³/mol. The van der Waals surface area contributed by atoms with Gasteiger partial charge in [-0.2, -0.15) is 0 Å². The predicted octanol–water partition coefficient (Wildman–Crippen LogP) is 4.90. The molecule has 1 fully saturated rings. The minimum absolute atomic E-state index is 0.114. The number of benzene rings is 3. The molecule has 2 amide bonds. The number of thioether (sulfide) groups is 1. The van der Waals surface area contributed by atoms with Crippen molar-refractivity contribution in [3.8, 4) is 5.75 Å². The molecule has 2 N–H and O–H groups in total. The molecular formula is C25H21N3O3S. The standard InChI is InChI=1S/C25H21N3O3S/c1-17-10-12-20(13-11-17)26-23(29)16-31-21-9-5-6-18(14-21)15-22-24(30)28-25(32-22)27-19-7-3-2-4-8-19/h2-15H,16H2,1H3,(H,26,29)(H,27,28,30)/b22-15-. The summed E-state index contributed by atoms with van der Waals surface area (Å²) >= 11 is 1.28. The van der Waals surface area contributed by atoms with Gasteiger partial charge in [0.25, 0.3) is 11.8 Å². The number of para-hydroxylation sites is 1. The Kier molecular flexibility index (Phi) is 6.67. The fourth-order valence-electron chi connectivity index (χ4n) is 2.93. The number of amidine groups is 1. The highest BCUT2D eigenvalue weighted by Gasteiger charge is 2.23. The molecule has 0 saturated carbocycles. The third-order valence-electron chi connectivity index (χ3n) is 4.50. The van der Waals surface area contributed by atoms with E-state index in [9.17, 15) is 9.59 Å². The molecule has 7 heteroatoms. The molecule has 1 heterocycles. The van der Waals surface area contributed by atoms with Crippen LogP contribution in [0.1, 0.15) is 11.1 Å². The van der Waals surface area contributed by atoms with Crippen molar-refractivity contribution >= 4 is 46.2 Å². The number of hydrogen-bond donors (Lipinski definition) is 2. The number of nitrogens with one attached hydrogen (secondary N) is 2. The van der Waals surface area contributed by atoms with E-state index >= 15 is 0 Å². The lowest BCUT2D eigenvalue weighted by molar-refractivity contribution is -0.118. The minimum Gasteiger partial charge on any atom is -0.484 e. The van der Waals surface area contributed by atoms with Crippen molar-refractivity contribution in [2.45, 2.75) is 6.92 Å². The van der Waals surface area contributed by atoms with Crippen LogP contribution in [0.3, 0.4) is 0 Å². The fraction of sp³-hybridized carbons (Fsp3) is 0.0800. The Morgan fingerprint density at radius 2 is 1.84 bits per heavy atom. The van der Waals surface area contributed by atoms with Gasteiger partial charge in [0, 0.05) is 5.69 Å². The monoisotopic (exact) mass is 443 g/mol. The third-order valence-corrected chi connectivity index (χ3v) is 5.41. The van der Waals surface area contributed by atoms with Gasteiger partial charge in [-0.15, -0.1) is 0 Å². The van der Waals surface area contributed by atoms with E-state index in [1.165, 1.54) is 11.8 Å². The fourth-order valence-corrected chi connectivity index (χ4v) is 3.77. The molecule has 0 radical (unpaired) electrons. The average molecular weight is 444 g/mol. The van der Waals surface area contributed by atoms with Crippen molar-refractivity contribution < 1.29 is 14.3 Å². The largest absolute Gasteiger partial charge is 0.484 e. The van der Waals surface area contributed by atoms with Crippen molar-refractivity contribution in [2.75, 3.05) is 11.9 Å². The lowest BCUT2D eigenvalue weighted by Gasteiger charge is -2.08. The van der Waals surface area contributed by atoms with Gasteiger partial charge in [-0.25, -0.2) is 4.99 Å². The number of amides is 2. The molecular weight excluding hydrogens is 422 g/mol. The van der Waals surface area contributed by atoms with E-state index in [-0.39, 0.29) is 18.4 Å². The number of rotatable bonds is 6. The minimum atomic E-state index is -0.245. The Morgan fingerprint density at radius 1 is 1.06 bits per heavy atom. The van der Waals surface area contributed by atoms with Crippen molar-refractivity contribution in [1.29, 1.82) is 0 Å². The van der Waals surface area contributed by atoms with E-state index in [2.05, 4.69) is 15.6 Å². The van der Waals surface area contributed by atoms with Crippen LogP contribution in [-0.2, 0) is 9.59 Å². The Balaban J connectivity index is 1.37. The van der Waals surface area contributed by atoms with Crippen LogP contribution in [0.25, 0.3) is 6.08 Å². The average Bonchev–Trinajstić information content (AvgIpc) is 3.13. The Hall–Kier alpha value is -3.84. The molecule has 6 nitrogen and oxygen atoms in total. The molecule has 0 atom stereocenters. The maximum atomic E-state index is 12.3. The molecule has 4 rings (SSSR count). The summed E-state index contributed by atoms with van der Waals surface area (Å²) in [6, 6.07) is 24.2. The zero-order valence-corrected chi connectivity index (χ0v) is 18.2. The Morgan fingerprint density at radius 3 is 2.62 bits per heavy atom. The maximum Gasteiger partial charge on any atom is 0.264 e. The summed E-state index contributed by atoms with van der Waals surface area (Å²) in [7, 11) is 0. The van der Waals surface area contributed by atoms with Crippen molar-refractivity contribution in [1.82, 2.24) is 5.32 Å². The van der Waals surface area contributed by atoms with E-state index in [1.807, 2.05) is 73.7 Å². The van der Waals surface area contributed by atoms with Crippen molar-refractivity contribution in [2.24, 2.45) is 4.99 Å². The molecule has 0 unspecified atom stereocenters. The molecule has 3 aromatic carbocycles. The van der Waals surface area contributed by atoms with Gasteiger partial charge in [0.2, 0.25) is 0 Å². The van der Waals surface area contributed by atoms with Crippen molar-refractivity contribution in [3.63, 3.8) is 0 Å². The molecule has 1 aliphatic rings. The lowest BCUT2D eigenvalue weighted by atomic mass is 10.2. The molecule has 1 aliphatic heterocycles. The number of anilines is 1. The van der Waals surface area contributed by atoms with E-state index in [0.29, 0.717) is 15.8 Å². The quantitative estimate of drug-likeness (QED) is 0.531. The first kappa shape index (κ1) is 21.4. The van der Waals surface area contributed by atoms with Crippen LogP contribution in [0.4, 0.5) is 11.4 Å². The van der Waals surface area contributed by atoms with Crippen LogP contribution in [0.5, 0.6) is 5.75 Å². The first-order chi connectivity index (χ1) is 15.5. The van der Waals surface area contributed by atoms with Crippen LogP contribution in [0, 0.1) is 6.92 Å². The van der Waals surface area contributed by atoms with Crippen LogP contribution >= 0.6 is 11.8 Å². The number of aliphatic imine (C=N–C) groups is 1. The molecule has 32 heavy (non-hydrogen) atoms. The van der Waals surface area contributed by atoms with Crippen LogP contribution < -0.4 is 15.4 Å². The SMILES string of the molecule is Cc1ccc(NC(=O)COc2cccc(/C=C3\SC(=Nc4ccccc4)NC3=O)c2)cc1. The van der Waals surface area contributed by atoms with Gasteiger partial charge < -0.3 is 15.4 Å². The maximum absolute atomic E-state index is 12.3. The second-order valence-corrected chi connectivity index (χ2v) is 8.12. The smallest absolute Gasteiger partial charge is 0.264 e. The van der Waals surface area contributed by atoms with Gasteiger partial charge in [0.1, 0.15) is 5.75 Å². The highest BCUT2D eigenvalue weighted by Crippen LogP contribution is 2.28. The molecule has 3 aromatic rings. The summed E-state index contributed by atoms with van der Waals surface area (Å²) in [5.41, 5.74) is 3.41. The lowest BCUT2D eigenvalue weighted by Crippen LogP contribution is -2.20. The number of carbonyl (C=O) groups excluding carboxylic acids is 2. The van der Waals surface area contributed by atoms with E-state index in [0.717, 1.165) is 22.5 Å². The third kappa shape index (κ3) is 5.86. The summed E-state index contributed by atoms with van der Waals surface area (Å²) in [5.74, 6) is 0.0959. The molecule has 0 spiro atoms. The number of ether oxygens (including phenoxy) is 1.